The van der Waals surface area contributed by atoms with Crippen molar-refractivity contribution in [3.8, 4) is 0 Å². The summed E-state index contributed by atoms with van der Waals surface area (Å²) in [6.45, 7) is 4.11. The van der Waals surface area contributed by atoms with E-state index < -0.39 is 30.1 Å². The van der Waals surface area contributed by atoms with E-state index in [4.69, 9.17) is 9.40 Å². The maximum atomic E-state index is 13.2. The van der Waals surface area contributed by atoms with Crippen LogP contribution in [0.15, 0.2) is 30.3 Å². The number of amides is 1. The topological polar surface area (TPSA) is 116 Å². The van der Waals surface area contributed by atoms with Gasteiger partial charge < -0.3 is 14.7 Å². The number of esters is 1. The van der Waals surface area contributed by atoms with Crippen molar-refractivity contribution in [2.24, 2.45) is 0 Å². The summed E-state index contributed by atoms with van der Waals surface area (Å²) in [7, 11) is 0. The first-order chi connectivity index (χ1) is 15.8. The van der Waals surface area contributed by atoms with Gasteiger partial charge in [0.1, 0.15) is 12.1 Å². The Bertz CT molecular complexity index is 799. The Balaban J connectivity index is 0.00000188. The van der Waals surface area contributed by atoms with Crippen molar-refractivity contribution in [1.82, 2.24) is 10.2 Å². The molecule has 12 heteroatoms. The molecule has 0 aromatic heterocycles. The fourth-order valence-electron chi connectivity index (χ4n) is 4.09. The lowest BCUT2D eigenvalue weighted by Gasteiger charge is -2.28. The molecule has 3 rings (SSSR count). The lowest BCUT2D eigenvalue weighted by molar-refractivity contribution is -0.150. The summed E-state index contributed by atoms with van der Waals surface area (Å²) in [6.07, 6.45) is 1.60. The van der Waals surface area contributed by atoms with Crippen molar-refractivity contribution in [1.29, 1.82) is 0 Å². The van der Waals surface area contributed by atoms with E-state index in [9.17, 15) is 19.5 Å². The number of halogens is 2. The third-order valence-corrected chi connectivity index (χ3v) is 9.06. The van der Waals surface area contributed by atoms with E-state index in [2.05, 4.69) is 17.2 Å². The summed E-state index contributed by atoms with van der Waals surface area (Å²) in [5.74, 6) is 0.282. The fraction of sp³-hybridized carbons (Fsp3) is 0.591. The van der Waals surface area contributed by atoms with Crippen LogP contribution in [0.1, 0.15) is 32.3 Å². The molecular weight excluding hydrogens is 523 g/mol. The average Bonchev–Trinajstić information content (AvgIpc) is 3.45. The van der Waals surface area contributed by atoms with Gasteiger partial charge in [-0.15, -0.1) is 35.9 Å². The van der Waals surface area contributed by atoms with Crippen molar-refractivity contribution >= 4 is 65.6 Å². The predicted octanol–water partition coefficient (Wildman–Crippen LogP) is 2.95. The van der Waals surface area contributed by atoms with Gasteiger partial charge in [-0.05, 0) is 32.3 Å². The third-order valence-electron chi connectivity index (χ3n) is 5.63. The number of carboxylic acid groups (broad SMARTS) is 1. The second-order valence-electron chi connectivity index (χ2n) is 7.85. The molecule has 1 aromatic carbocycles. The first kappa shape index (κ1) is 30.9. The Morgan fingerprint density at radius 3 is 2.41 bits per heavy atom. The van der Waals surface area contributed by atoms with Gasteiger partial charge in [0.05, 0.1) is 28.6 Å². The Hall–Kier alpha value is -1.17. The number of carboxylic acids is 1. The van der Waals surface area contributed by atoms with Crippen LogP contribution in [-0.2, 0) is 25.5 Å². The number of nitrogens with zero attached hydrogens (tertiary/aromatic N) is 1. The highest BCUT2D eigenvalue weighted by Gasteiger charge is 2.52. The standard InChI is InChI=1S/C22H30N2O5S2.ClHO.ClH/c1-3-29-21(28)17(10-9-16-7-5-4-6-8-16)23-15(2)19(25)24-14-22(30-11-12-31-22)13-18(24)20(26)27;1-2;/h4-8,15,17-18,23H,3,9-14H2,1-2H3,(H,26,27);2H;1H/t15?,17?,18-;;/m0../s1. The van der Waals surface area contributed by atoms with Gasteiger partial charge in [-0.25, -0.2) is 4.79 Å². The number of nitrogens with one attached hydrogen (secondary N) is 1. The van der Waals surface area contributed by atoms with E-state index >= 15 is 0 Å². The normalized spacial score (nSPS) is 20.0. The minimum atomic E-state index is -0.975. The molecule has 3 atom stereocenters. The Morgan fingerprint density at radius 2 is 1.85 bits per heavy atom. The molecule has 192 valence electrons. The summed E-state index contributed by atoms with van der Waals surface area (Å²) in [5, 5.41) is 12.8. The number of aliphatic carboxylic acids is 1. The molecular formula is C22H32Cl2N2O6S2. The van der Waals surface area contributed by atoms with Crippen molar-refractivity contribution in [3.63, 3.8) is 0 Å². The molecule has 0 saturated carbocycles. The summed E-state index contributed by atoms with van der Waals surface area (Å²) >= 11 is 7.14. The zero-order valence-corrected chi connectivity index (χ0v) is 22.4. The van der Waals surface area contributed by atoms with Gasteiger partial charge in [-0.3, -0.25) is 19.6 Å². The number of benzene rings is 1. The molecule has 2 aliphatic heterocycles. The Kier molecular flexibility index (Phi) is 13.7. The molecule has 34 heavy (non-hydrogen) atoms. The highest BCUT2D eigenvalue weighted by atomic mass is 35.5. The van der Waals surface area contributed by atoms with Crippen LogP contribution in [0.4, 0.5) is 0 Å². The maximum absolute atomic E-state index is 13.2. The number of carbonyl (C=O) groups excluding carboxylic acids is 2. The van der Waals surface area contributed by atoms with Crippen molar-refractivity contribution in [2.45, 2.75) is 55.3 Å². The number of ether oxygens (including phenoxy) is 1. The largest absolute Gasteiger partial charge is 0.480 e. The van der Waals surface area contributed by atoms with Crippen molar-refractivity contribution in [2.75, 3.05) is 24.7 Å². The van der Waals surface area contributed by atoms with E-state index in [1.807, 2.05) is 30.3 Å². The first-order valence-corrected chi connectivity index (χ1v) is 13.1. The van der Waals surface area contributed by atoms with Gasteiger partial charge in [0, 0.05) is 24.5 Å². The molecule has 1 amide bonds. The summed E-state index contributed by atoms with van der Waals surface area (Å²) < 4.78 is 11.4. The molecule has 2 fully saturated rings. The monoisotopic (exact) mass is 554 g/mol. The zero-order chi connectivity index (χ0) is 24.4. The van der Waals surface area contributed by atoms with Crippen LogP contribution >= 0.6 is 47.8 Å². The lowest BCUT2D eigenvalue weighted by Crippen LogP contribution is -2.53. The minimum absolute atomic E-state index is 0. The Morgan fingerprint density at radius 1 is 1.24 bits per heavy atom. The molecule has 1 aromatic rings. The van der Waals surface area contributed by atoms with Crippen LogP contribution in [0.5, 0.6) is 0 Å². The first-order valence-electron chi connectivity index (χ1n) is 10.8. The smallest absolute Gasteiger partial charge is 0.326 e. The number of aryl methyl sites for hydroxylation is 1. The lowest BCUT2D eigenvalue weighted by atomic mass is 10.0. The molecule has 2 unspecified atom stereocenters. The highest BCUT2D eigenvalue weighted by molar-refractivity contribution is 8.21. The van der Waals surface area contributed by atoms with Crippen LogP contribution in [-0.4, -0.2) is 79.4 Å². The Labute approximate surface area is 220 Å². The van der Waals surface area contributed by atoms with Gasteiger partial charge in [0.15, 0.2) is 0 Å². The molecule has 0 aliphatic carbocycles. The van der Waals surface area contributed by atoms with E-state index in [0.29, 0.717) is 25.8 Å². The number of rotatable bonds is 9. The minimum Gasteiger partial charge on any atom is -0.480 e. The number of carbonyl (C=O) groups is 3. The van der Waals surface area contributed by atoms with E-state index in [1.165, 1.54) is 4.90 Å². The van der Waals surface area contributed by atoms with Crippen LogP contribution in [0, 0.1) is 0 Å². The van der Waals surface area contributed by atoms with Crippen LogP contribution < -0.4 is 5.32 Å². The molecule has 0 bridgehead atoms. The molecule has 8 nitrogen and oxygen atoms in total. The molecule has 2 saturated heterocycles. The summed E-state index contributed by atoms with van der Waals surface area (Å²) in [5.41, 5.74) is 1.10. The van der Waals surface area contributed by atoms with E-state index in [1.54, 1.807) is 37.4 Å². The van der Waals surface area contributed by atoms with Gasteiger partial charge >= 0.3 is 11.9 Å². The number of hydrogen-bond acceptors (Lipinski definition) is 8. The second kappa shape index (κ2) is 15.1. The van der Waals surface area contributed by atoms with Gasteiger partial charge in [0.25, 0.3) is 0 Å². The molecule has 0 radical (unpaired) electrons. The quantitative estimate of drug-likeness (QED) is 0.396. The second-order valence-corrected chi connectivity index (χ2v) is 11.1. The molecule has 2 aliphatic rings. The number of thioether (sulfide) groups is 2. The molecule has 2 heterocycles. The summed E-state index contributed by atoms with van der Waals surface area (Å²) in [6, 6.07) is 7.65. The highest BCUT2D eigenvalue weighted by Crippen LogP contribution is 2.51. The number of likely N-dealkylation sites (tertiary alicyclic amines) is 1. The van der Waals surface area contributed by atoms with Crippen LogP contribution in [0.3, 0.4) is 0 Å². The van der Waals surface area contributed by atoms with Crippen molar-refractivity contribution in [3.05, 3.63) is 35.9 Å². The number of hydrogen-bond donors (Lipinski definition) is 3. The molecule has 3 N–H and O–H groups in total. The van der Waals surface area contributed by atoms with Gasteiger partial charge in [-0.1, -0.05) is 30.3 Å². The fourth-order valence-corrected chi connectivity index (χ4v) is 7.34. The molecule has 1 spiro atoms. The summed E-state index contributed by atoms with van der Waals surface area (Å²) in [4.78, 5) is 39.1. The average molecular weight is 556 g/mol. The third kappa shape index (κ3) is 8.20. The maximum Gasteiger partial charge on any atom is 0.326 e. The van der Waals surface area contributed by atoms with Gasteiger partial charge in [0.2, 0.25) is 5.91 Å². The van der Waals surface area contributed by atoms with Crippen LogP contribution in [0.25, 0.3) is 0 Å². The van der Waals surface area contributed by atoms with Crippen LogP contribution in [0.2, 0.25) is 0 Å². The van der Waals surface area contributed by atoms with E-state index in [0.717, 1.165) is 17.1 Å². The van der Waals surface area contributed by atoms with Gasteiger partial charge in [-0.2, -0.15) is 0 Å². The SMILES string of the molecule is CCOC(=O)C(CCc1ccccc1)NC(C)C(=O)N1CC2(C[C@H]1C(=O)O)SCCS2.Cl.OCl. The predicted molar refractivity (Wildman–Crippen MR) is 139 cm³/mol. The van der Waals surface area contributed by atoms with E-state index in [-0.39, 0.29) is 29.0 Å². The van der Waals surface area contributed by atoms with Crippen molar-refractivity contribution < 1.29 is 28.9 Å². The zero-order valence-electron chi connectivity index (χ0n) is 19.1.